The van der Waals surface area contributed by atoms with E-state index in [9.17, 15) is 4.57 Å². The number of hydrogen-bond donors (Lipinski definition) is 2. The third-order valence-electron chi connectivity index (χ3n) is 2.21. The minimum atomic E-state index is -4.07. The van der Waals surface area contributed by atoms with Crippen molar-refractivity contribution >= 4 is 23.5 Å². The number of aromatic nitrogens is 1. The fourth-order valence-corrected chi connectivity index (χ4v) is 2.40. The van der Waals surface area contributed by atoms with E-state index in [2.05, 4.69) is 20.9 Å². The van der Waals surface area contributed by atoms with Crippen LogP contribution in [0.25, 0.3) is 0 Å². The zero-order valence-electron chi connectivity index (χ0n) is 9.73. The molecule has 0 amide bonds. The Morgan fingerprint density at radius 2 is 2.05 bits per heavy atom. The van der Waals surface area contributed by atoms with Crippen LogP contribution in [0.1, 0.15) is 5.56 Å². The summed E-state index contributed by atoms with van der Waals surface area (Å²) in [5.41, 5.74) is 0.517. The van der Waals surface area contributed by atoms with Crippen molar-refractivity contribution in [1.29, 1.82) is 0 Å². The van der Waals surface area contributed by atoms with Crippen molar-refractivity contribution in [3.63, 3.8) is 0 Å². The van der Waals surface area contributed by atoms with Gasteiger partial charge in [-0.15, -0.1) is 0 Å². The Balaban J connectivity index is 2.15. The molecule has 7 heteroatoms. The molecule has 0 fully saturated rings. The maximum absolute atomic E-state index is 10.9. The van der Waals surface area contributed by atoms with E-state index in [1.807, 2.05) is 0 Å². The first-order chi connectivity index (χ1) is 8.92. The van der Waals surface area contributed by atoms with Crippen molar-refractivity contribution in [2.45, 2.75) is 6.16 Å². The predicted molar refractivity (Wildman–Crippen MR) is 74.2 cm³/mol. The van der Waals surface area contributed by atoms with E-state index in [4.69, 9.17) is 14.5 Å². The molecule has 19 heavy (non-hydrogen) atoms. The molecule has 0 atom stereocenters. The lowest BCUT2D eigenvalue weighted by Crippen LogP contribution is -1.90. The van der Waals surface area contributed by atoms with Gasteiger partial charge in [0.2, 0.25) is 5.88 Å². The molecule has 2 N–H and O–H groups in total. The van der Waals surface area contributed by atoms with Crippen molar-refractivity contribution in [3.8, 4) is 11.6 Å². The molecule has 0 unspecified atom stereocenters. The second-order valence-electron chi connectivity index (χ2n) is 3.89. The van der Waals surface area contributed by atoms with Crippen LogP contribution in [0.15, 0.2) is 47.1 Å². The number of nitrogens with zero attached hydrogens (tertiary/aromatic N) is 1. The molecule has 1 aromatic carbocycles. The van der Waals surface area contributed by atoms with E-state index in [0.29, 0.717) is 17.2 Å². The molecule has 2 rings (SSSR count). The van der Waals surface area contributed by atoms with Crippen molar-refractivity contribution in [2.75, 3.05) is 0 Å². The maximum atomic E-state index is 10.9. The number of rotatable bonds is 4. The lowest BCUT2D eigenvalue weighted by molar-refractivity contribution is 0.371. The Morgan fingerprint density at radius 1 is 1.26 bits per heavy atom. The van der Waals surface area contributed by atoms with Gasteiger partial charge < -0.3 is 14.5 Å². The van der Waals surface area contributed by atoms with Crippen LogP contribution in [-0.2, 0) is 10.7 Å². The van der Waals surface area contributed by atoms with E-state index < -0.39 is 7.60 Å². The molecular weight excluding hydrogens is 333 g/mol. The van der Waals surface area contributed by atoms with E-state index in [-0.39, 0.29) is 6.16 Å². The fraction of sp³-hybridized carbons (Fsp3) is 0.0833. The molecule has 0 bridgehead atoms. The molecule has 0 spiro atoms. The average molecular weight is 344 g/mol. The molecule has 1 aromatic heterocycles. The van der Waals surface area contributed by atoms with Crippen LogP contribution in [0.5, 0.6) is 11.6 Å². The summed E-state index contributed by atoms with van der Waals surface area (Å²) in [4.78, 5) is 21.9. The van der Waals surface area contributed by atoms with Crippen LogP contribution in [-0.4, -0.2) is 14.8 Å². The molecule has 1 heterocycles. The molecule has 0 aliphatic heterocycles. The second kappa shape index (κ2) is 5.84. The van der Waals surface area contributed by atoms with Crippen molar-refractivity contribution < 1.29 is 19.1 Å². The number of hydrogen-bond acceptors (Lipinski definition) is 3. The average Bonchev–Trinajstić information content (AvgIpc) is 2.30. The number of halogens is 1. The number of pyridine rings is 1. The number of benzene rings is 1. The summed E-state index contributed by atoms with van der Waals surface area (Å²) < 4.78 is 17.3. The Kier molecular flexibility index (Phi) is 4.37. The highest BCUT2D eigenvalue weighted by Crippen LogP contribution is 2.39. The van der Waals surface area contributed by atoms with Crippen LogP contribution in [0.3, 0.4) is 0 Å². The Bertz CT molecular complexity index is 611. The van der Waals surface area contributed by atoms with Crippen LogP contribution in [0, 0.1) is 0 Å². The van der Waals surface area contributed by atoms with Crippen LogP contribution < -0.4 is 4.74 Å². The van der Waals surface area contributed by atoms with Gasteiger partial charge in [0.05, 0.1) is 6.16 Å². The zero-order chi connectivity index (χ0) is 13.9. The summed E-state index contributed by atoms with van der Waals surface area (Å²) in [5.74, 6) is 0.900. The Morgan fingerprint density at radius 3 is 2.68 bits per heavy atom. The minimum Gasteiger partial charge on any atom is -0.439 e. The quantitative estimate of drug-likeness (QED) is 0.832. The monoisotopic (exact) mass is 343 g/mol. The van der Waals surface area contributed by atoms with E-state index in [1.54, 1.807) is 42.6 Å². The minimum absolute atomic E-state index is 0.308. The van der Waals surface area contributed by atoms with Gasteiger partial charge in [0, 0.05) is 16.7 Å². The summed E-state index contributed by atoms with van der Waals surface area (Å²) in [7, 11) is -4.07. The summed E-state index contributed by atoms with van der Waals surface area (Å²) >= 11 is 3.27. The summed E-state index contributed by atoms with van der Waals surface area (Å²) in [6.45, 7) is 0. The highest BCUT2D eigenvalue weighted by Gasteiger charge is 2.14. The van der Waals surface area contributed by atoms with E-state index >= 15 is 0 Å². The van der Waals surface area contributed by atoms with Gasteiger partial charge in [-0.2, -0.15) is 0 Å². The van der Waals surface area contributed by atoms with Gasteiger partial charge in [0.1, 0.15) is 5.75 Å². The summed E-state index contributed by atoms with van der Waals surface area (Å²) in [6, 6.07) is 10.1. The third kappa shape index (κ3) is 4.76. The van der Waals surface area contributed by atoms with Crippen LogP contribution in [0.2, 0.25) is 0 Å². The van der Waals surface area contributed by atoms with Crippen molar-refractivity contribution in [1.82, 2.24) is 4.98 Å². The molecule has 100 valence electrons. The first kappa shape index (κ1) is 14.2. The van der Waals surface area contributed by atoms with Gasteiger partial charge in [0.25, 0.3) is 0 Å². The highest BCUT2D eigenvalue weighted by atomic mass is 79.9. The van der Waals surface area contributed by atoms with E-state index in [0.717, 1.165) is 4.47 Å². The van der Waals surface area contributed by atoms with Gasteiger partial charge >= 0.3 is 7.60 Å². The molecule has 0 saturated carbocycles. The predicted octanol–water partition coefficient (Wildman–Crippen LogP) is 3.31. The topological polar surface area (TPSA) is 79.7 Å². The lowest BCUT2D eigenvalue weighted by Gasteiger charge is -2.07. The summed E-state index contributed by atoms with van der Waals surface area (Å²) in [5, 5.41) is 0. The first-order valence-electron chi connectivity index (χ1n) is 5.35. The normalized spacial score (nSPS) is 11.3. The lowest BCUT2D eigenvalue weighted by atomic mass is 10.2. The Hall–Kier alpha value is -1.20. The van der Waals surface area contributed by atoms with Crippen molar-refractivity contribution in [2.24, 2.45) is 0 Å². The standard InChI is InChI=1S/C12H11BrNO4P/c13-10-4-5-12(14-7-10)18-11-3-1-2-9(6-11)8-19(15,16)17/h1-7H,8H2,(H2,15,16,17). The molecule has 0 aliphatic rings. The van der Waals surface area contributed by atoms with Crippen LogP contribution >= 0.6 is 23.5 Å². The molecule has 0 radical (unpaired) electrons. The van der Waals surface area contributed by atoms with Gasteiger partial charge in [-0.25, -0.2) is 4.98 Å². The van der Waals surface area contributed by atoms with Crippen LogP contribution in [0.4, 0.5) is 0 Å². The van der Waals surface area contributed by atoms with Crippen molar-refractivity contribution in [3.05, 3.63) is 52.6 Å². The summed E-state index contributed by atoms with van der Waals surface area (Å²) in [6.07, 6.45) is 1.30. The zero-order valence-corrected chi connectivity index (χ0v) is 12.2. The highest BCUT2D eigenvalue weighted by molar-refractivity contribution is 9.10. The van der Waals surface area contributed by atoms with Gasteiger partial charge in [-0.05, 0) is 39.7 Å². The molecule has 5 nitrogen and oxygen atoms in total. The molecular formula is C12H11BrNO4P. The van der Waals surface area contributed by atoms with E-state index in [1.165, 1.54) is 0 Å². The third-order valence-corrected chi connectivity index (χ3v) is 3.46. The Labute approximate surface area is 118 Å². The van der Waals surface area contributed by atoms with Gasteiger partial charge in [0.15, 0.2) is 0 Å². The fourth-order valence-electron chi connectivity index (χ4n) is 1.49. The maximum Gasteiger partial charge on any atom is 0.329 e. The van der Waals surface area contributed by atoms with Gasteiger partial charge in [-0.1, -0.05) is 12.1 Å². The SMILES string of the molecule is O=P(O)(O)Cc1cccc(Oc2ccc(Br)cn2)c1. The molecule has 0 saturated heterocycles. The largest absolute Gasteiger partial charge is 0.439 e. The first-order valence-corrected chi connectivity index (χ1v) is 7.94. The smallest absolute Gasteiger partial charge is 0.329 e. The van der Waals surface area contributed by atoms with Gasteiger partial charge in [-0.3, -0.25) is 4.57 Å². The number of ether oxygens (including phenoxy) is 1. The molecule has 2 aromatic rings. The second-order valence-corrected chi connectivity index (χ2v) is 6.45. The molecule has 0 aliphatic carbocycles.